The fourth-order valence-electron chi connectivity index (χ4n) is 0.812. The van der Waals surface area contributed by atoms with Gasteiger partial charge in [-0.2, -0.15) is 0 Å². The first kappa shape index (κ1) is 8.62. The van der Waals surface area contributed by atoms with Crippen molar-refractivity contribution in [1.82, 2.24) is 9.97 Å². The second-order valence-electron chi connectivity index (χ2n) is 2.23. The van der Waals surface area contributed by atoms with Crippen LogP contribution in [0.15, 0.2) is 12.5 Å². The van der Waals surface area contributed by atoms with Gasteiger partial charge in [0.25, 0.3) is 0 Å². The molecule has 0 aromatic carbocycles. The normalized spacial score (nSPS) is 13.0. The molecule has 0 saturated carbocycles. The summed E-state index contributed by atoms with van der Waals surface area (Å²) >= 11 is 3.18. The highest BCUT2D eigenvalue weighted by atomic mass is 79.9. The van der Waals surface area contributed by atoms with E-state index in [-0.39, 0.29) is 0 Å². The van der Waals surface area contributed by atoms with Crippen molar-refractivity contribution in [1.29, 1.82) is 0 Å². The van der Waals surface area contributed by atoms with E-state index in [0.717, 1.165) is 11.3 Å². The molecule has 1 heterocycles. The molecule has 1 N–H and O–H groups in total. The van der Waals surface area contributed by atoms with E-state index in [1.54, 1.807) is 6.20 Å². The average molecular weight is 217 g/mol. The summed E-state index contributed by atoms with van der Waals surface area (Å²) in [5.41, 5.74) is 1.61. The lowest BCUT2D eigenvalue weighted by molar-refractivity contribution is 0.203. The Hall–Kier alpha value is -0.480. The van der Waals surface area contributed by atoms with Crippen molar-refractivity contribution in [3.63, 3.8) is 0 Å². The second-order valence-corrected chi connectivity index (χ2v) is 2.88. The maximum Gasteiger partial charge on any atom is 0.115 e. The van der Waals surface area contributed by atoms with Crippen molar-refractivity contribution in [3.05, 3.63) is 23.8 Å². The molecule has 60 valence electrons. The summed E-state index contributed by atoms with van der Waals surface area (Å²) in [7, 11) is 0. The van der Waals surface area contributed by atoms with Gasteiger partial charge in [0.05, 0.1) is 6.10 Å². The van der Waals surface area contributed by atoms with Gasteiger partial charge < -0.3 is 5.11 Å². The maximum atomic E-state index is 9.38. The van der Waals surface area contributed by atoms with Gasteiger partial charge in [0.1, 0.15) is 6.33 Å². The summed E-state index contributed by atoms with van der Waals surface area (Å²) in [6.07, 6.45) is 2.60. The number of halogens is 1. The number of hydrogen-bond donors (Lipinski definition) is 1. The highest BCUT2D eigenvalue weighted by Gasteiger charge is 2.08. The van der Waals surface area contributed by atoms with Crippen LogP contribution in [0.5, 0.6) is 0 Å². The SMILES string of the molecule is Cc1ncncc1C(O)CBr. The summed E-state index contributed by atoms with van der Waals surface area (Å²) in [4.78, 5) is 7.78. The van der Waals surface area contributed by atoms with Crippen LogP contribution in [0.3, 0.4) is 0 Å². The molecule has 1 atom stereocenters. The molecule has 11 heavy (non-hydrogen) atoms. The summed E-state index contributed by atoms with van der Waals surface area (Å²) in [6.45, 7) is 1.85. The zero-order chi connectivity index (χ0) is 8.27. The quantitative estimate of drug-likeness (QED) is 0.757. The van der Waals surface area contributed by atoms with E-state index < -0.39 is 6.10 Å². The molecule has 1 rings (SSSR count). The molecule has 0 saturated heterocycles. The Morgan fingerprint density at radius 2 is 2.45 bits per heavy atom. The van der Waals surface area contributed by atoms with Crippen LogP contribution in [0.1, 0.15) is 17.4 Å². The first-order valence-corrected chi connectivity index (χ1v) is 4.38. The van der Waals surface area contributed by atoms with Gasteiger partial charge in [-0.05, 0) is 6.92 Å². The van der Waals surface area contributed by atoms with E-state index in [0.29, 0.717) is 5.33 Å². The zero-order valence-corrected chi connectivity index (χ0v) is 7.74. The van der Waals surface area contributed by atoms with Crippen molar-refractivity contribution in [2.75, 3.05) is 5.33 Å². The fourth-order valence-corrected chi connectivity index (χ4v) is 1.16. The van der Waals surface area contributed by atoms with Gasteiger partial charge in [0, 0.05) is 22.8 Å². The third-order valence-electron chi connectivity index (χ3n) is 1.45. The van der Waals surface area contributed by atoms with Gasteiger partial charge in [-0.3, -0.25) is 0 Å². The van der Waals surface area contributed by atoms with Crippen molar-refractivity contribution in [3.8, 4) is 0 Å². The first-order chi connectivity index (χ1) is 5.25. The molecule has 0 spiro atoms. The van der Waals surface area contributed by atoms with Crippen LogP contribution in [0.4, 0.5) is 0 Å². The molecule has 4 heteroatoms. The van der Waals surface area contributed by atoms with E-state index in [9.17, 15) is 5.11 Å². The number of rotatable bonds is 2. The summed E-state index contributed by atoms with van der Waals surface area (Å²) in [5, 5.41) is 9.90. The van der Waals surface area contributed by atoms with Crippen LogP contribution < -0.4 is 0 Å². The van der Waals surface area contributed by atoms with Crippen LogP contribution >= 0.6 is 15.9 Å². The summed E-state index contributed by atoms with van der Waals surface area (Å²) < 4.78 is 0. The minimum absolute atomic E-state index is 0.504. The largest absolute Gasteiger partial charge is 0.387 e. The fraction of sp³-hybridized carbons (Fsp3) is 0.429. The Morgan fingerprint density at radius 1 is 1.73 bits per heavy atom. The van der Waals surface area contributed by atoms with Crippen molar-refractivity contribution in [2.45, 2.75) is 13.0 Å². The van der Waals surface area contributed by atoms with Gasteiger partial charge >= 0.3 is 0 Å². The van der Waals surface area contributed by atoms with Gasteiger partial charge in [-0.1, -0.05) is 15.9 Å². The molecule has 0 aliphatic heterocycles. The van der Waals surface area contributed by atoms with E-state index in [2.05, 4.69) is 25.9 Å². The molecule has 1 aromatic heterocycles. The van der Waals surface area contributed by atoms with Crippen molar-refractivity contribution < 1.29 is 5.11 Å². The molecule has 1 aromatic rings. The Kier molecular flexibility index (Phi) is 2.96. The monoisotopic (exact) mass is 216 g/mol. The zero-order valence-electron chi connectivity index (χ0n) is 6.16. The molecule has 0 radical (unpaired) electrons. The Balaban J connectivity index is 2.93. The lowest BCUT2D eigenvalue weighted by atomic mass is 10.1. The predicted octanol–water partition coefficient (Wildman–Crippen LogP) is 1.21. The topological polar surface area (TPSA) is 46.0 Å². The van der Waals surface area contributed by atoms with Crippen molar-refractivity contribution >= 4 is 15.9 Å². The second kappa shape index (κ2) is 3.78. The maximum absolute atomic E-state index is 9.38. The minimum Gasteiger partial charge on any atom is -0.387 e. The van der Waals surface area contributed by atoms with E-state index in [1.807, 2.05) is 6.92 Å². The Morgan fingerprint density at radius 3 is 3.00 bits per heavy atom. The number of alkyl halides is 1. The number of nitrogens with zero attached hydrogens (tertiary/aromatic N) is 2. The summed E-state index contributed by atoms with van der Waals surface area (Å²) in [5.74, 6) is 0. The van der Waals surface area contributed by atoms with Crippen LogP contribution in [0, 0.1) is 6.92 Å². The highest BCUT2D eigenvalue weighted by Crippen LogP contribution is 2.15. The molecule has 0 bridgehead atoms. The molecule has 1 unspecified atom stereocenters. The Labute approximate surface area is 73.6 Å². The minimum atomic E-state index is -0.504. The molecular formula is C7H9BrN2O. The molecule has 0 amide bonds. The van der Waals surface area contributed by atoms with Crippen LogP contribution in [0.25, 0.3) is 0 Å². The van der Waals surface area contributed by atoms with Gasteiger partial charge in [0.15, 0.2) is 0 Å². The highest BCUT2D eigenvalue weighted by molar-refractivity contribution is 9.09. The van der Waals surface area contributed by atoms with E-state index in [4.69, 9.17) is 0 Å². The number of aliphatic hydroxyl groups is 1. The average Bonchev–Trinajstić information content (AvgIpc) is 2.04. The van der Waals surface area contributed by atoms with Gasteiger partial charge in [0.2, 0.25) is 0 Å². The van der Waals surface area contributed by atoms with E-state index >= 15 is 0 Å². The molecular weight excluding hydrogens is 208 g/mol. The third kappa shape index (κ3) is 1.97. The molecule has 3 nitrogen and oxygen atoms in total. The number of aryl methyl sites for hydroxylation is 1. The predicted molar refractivity (Wildman–Crippen MR) is 45.5 cm³/mol. The number of aliphatic hydroxyl groups excluding tert-OH is 1. The smallest absolute Gasteiger partial charge is 0.115 e. The first-order valence-electron chi connectivity index (χ1n) is 3.26. The van der Waals surface area contributed by atoms with Crippen LogP contribution in [-0.2, 0) is 0 Å². The number of aromatic nitrogens is 2. The van der Waals surface area contributed by atoms with Crippen LogP contribution in [-0.4, -0.2) is 20.4 Å². The van der Waals surface area contributed by atoms with Crippen LogP contribution in [0.2, 0.25) is 0 Å². The van der Waals surface area contributed by atoms with Crippen molar-refractivity contribution in [2.24, 2.45) is 0 Å². The third-order valence-corrected chi connectivity index (χ3v) is 2.07. The van der Waals surface area contributed by atoms with Gasteiger partial charge in [-0.25, -0.2) is 9.97 Å². The summed E-state index contributed by atoms with van der Waals surface area (Å²) in [6, 6.07) is 0. The number of hydrogen-bond acceptors (Lipinski definition) is 3. The standard InChI is InChI=1S/C7H9BrN2O/c1-5-6(7(11)2-8)3-9-4-10-5/h3-4,7,11H,2H2,1H3. The molecule has 0 aliphatic carbocycles. The Bertz CT molecular complexity index is 242. The molecule has 0 aliphatic rings. The van der Waals surface area contributed by atoms with Gasteiger partial charge in [-0.15, -0.1) is 0 Å². The lowest BCUT2D eigenvalue weighted by Gasteiger charge is -2.07. The lowest BCUT2D eigenvalue weighted by Crippen LogP contribution is -2.02. The van der Waals surface area contributed by atoms with E-state index in [1.165, 1.54) is 6.33 Å². The molecule has 0 fully saturated rings.